The molecule has 1 aromatic heterocycles. The first-order valence-electron chi connectivity index (χ1n) is 7.95. The Bertz CT molecular complexity index is 558. The van der Waals surface area contributed by atoms with Crippen molar-refractivity contribution >= 4 is 21.4 Å². The minimum absolute atomic E-state index is 0.450. The molecule has 21 heavy (non-hydrogen) atoms. The number of hydrogen-bond donors (Lipinski definition) is 2. The number of rotatable bonds is 7. The molecule has 2 N–H and O–H groups in total. The molecule has 2 aliphatic carbocycles. The molecule has 2 aliphatic rings. The zero-order valence-corrected chi connectivity index (χ0v) is 13.9. The van der Waals surface area contributed by atoms with Crippen LogP contribution in [0, 0.1) is 5.92 Å². The SMILES string of the molecule is O=S(=O)(NCC1CCCCC1)c1ccc(CNC2CC2)s1. The number of thiophene rings is 1. The average Bonchev–Trinajstić information content (AvgIpc) is 3.20. The van der Waals surface area contributed by atoms with E-state index in [0.717, 1.165) is 24.3 Å². The molecule has 0 atom stereocenters. The molecule has 1 heterocycles. The van der Waals surface area contributed by atoms with Gasteiger partial charge in [0.25, 0.3) is 0 Å². The van der Waals surface area contributed by atoms with Crippen LogP contribution in [0.15, 0.2) is 16.3 Å². The zero-order valence-electron chi connectivity index (χ0n) is 12.3. The van der Waals surface area contributed by atoms with E-state index in [2.05, 4.69) is 10.0 Å². The summed E-state index contributed by atoms with van der Waals surface area (Å²) in [6.07, 6.45) is 8.59. The van der Waals surface area contributed by atoms with Crippen molar-refractivity contribution in [3.8, 4) is 0 Å². The van der Waals surface area contributed by atoms with Crippen molar-refractivity contribution in [1.29, 1.82) is 0 Å². The third-order valence-corrected chi connectivity index (χ3v) is 7.33. The lowest BCUT2D eigenvalue weighted by atomic mass is 9.90. The summed E-state index contributed by atoms with van der Waals surface area (Å²) in [5.41, 5.74) is 0. The van der Waals surface area contributed by atoms with Gasteiger partial charge in [0, 0.05) is 24.0 Å². The van der Waals surface area contributed by atoms with Gasteiger partial charge in [-0.2, -0.15) is 0 Å². The summed E-state index contributed by atoms with van der Waals surface area (Å²) in [6, 6.07) is 4.31. The normalized spacial score (nSPS) is 20.8. The van der Waals surface area contributed by atoms with Gasteiger partial charge in [-0.1, -0.05) is 19.3 Å². The molecular weight excluding hydrogens is 304 g/mol. The highest BCUT2D eigenvalue weighted by molar-refractivity contribution is 7.91. The maximum Gasteiger partial charge on any atom is 0.250 e. The molecule has 4 nitrogen and oxygen atoms in total. The lowest BCUT2D eigenvalue weighted by molar-refractivity contribution is 0.357. The summed E-state index contributed by atoms with van der Waals surface area (Å²) in [5, 5.41) is 3.42. The van der Waals surface area contributed by atoms with Crippen molar-refractivity contribution in [3.63, 3.8) is 0 Å². The average molecular weight is 329 g/mol. The van der Waals surface area contributed by atoms with Crippen LogP contribution in [0.25, 0.3) is 0 Å². The van der Waals surface area contributed by atoms with Gasteiger partial charge in [0.2, 0.25) is 10.0 Å². The zero-order chi connectivity index (χ0) is 14.7. The fourth-order valence-corrected chi connectivity index (χ4v) is 5.29. The lowest BCUT2D eigenvalue weighted by Crippen LogP contribution is -2.29. The Morgan fingerprint density at radius 1 is 1.10 bits per heavy atom. The van der Waals surface area contributed by atoms with Gasteiger partial charge in [-0.05, 0) is 43.7 Å². The maximum atomic E-state index is 12.3. The molecule has 0 bridgehead atoms. The summed E-state index contributed by atoms with van der Waals surface area (Å²) < 4.78 is 27.9. The quantitative estimate of drug-likeness (QED) is 0.809. The molecule has 0 aromatic carbocycles. The van der Waals surface area contributed by atoms with Crippen molar-refractivity contribution in [3.05, 3.63) is 17.0 Å². The smallest absolute Gasteiger partial charge is 0.250 e. The Labute approximate surface area is 131 Å². The third kappa shape index (κ3) is 4.52. The maximum absolute atomic E-state index is 12.3. The van der Waals surface area contributed by atoms with Gasteiger partial charge < -0.3 is 5.32 Å². The first-order chi connectivity index (χ1) is 10.1. The summed E-state index contributed by atoms with van der Waals surface area (Å²) >= 11 is 1.38. The predicted molar refractivity (Wildman–Crippen MR) is 85.9 cm³/mol. The Hall–Kier alpha value is -0.430. The van der Waals surface area contributed by atoms with Crippen LogP contribution in [0.4, 0.5) is 0 Å². The molecule has 0 saturated heterocycles. The van der Waals surface area contributed by atoms with E-state index in [1.807, 2.05) is 6.07 Å². The van der Waals surface area contributed by atoms with E-state index in [9.17, 15) is 8.42 Å². The molecule has 0 spiro atoms. The van der Waals surface area contributed by atoms with Crippen LogP contribution in [0.3, 0.4) is 0 Å². The second-order valence-electron chi connectivity index (χ2n) is 6.23. The molecule has 0 amide bonds. The first-order valence-corrected chi connectivity index (χ1v) is 10.3. The molecule has 0 aliphatic heterocycles. The number of hydrogen-bond acceptors (Lipinski definition) is 4. The van der Waals surface area contributed by atoms with E-state index in [4.69, 9.17) is 0 Å². The van der Waals surface area contributed by atoms with Gasteiger partial charge in [0.1, 0.15) is 4.21 Å². The molecule has 6 heteroatoms. The molecule has 0 unspecified atom stereocenters. The van der Waals surface area contributed by atoms with Crippen LogP contribution in [0.5, 0.6) is 0 Å². The van der Waals surface area contributed by atoms with Gasteiger partial charge in [0.05, 0.1) is 0 Å². The lowest BCUT2D eigenvalue weighted by Gasteiger charge is -2.21. The molecule has 1 aromatic rings. The molecule has 0 radical (unpaired) electrons. The van der Waals surface area contributed by atoms with Gasteiger partial charge in [-0.15, -0.1) is 11.3 Å². The molecular formula is C15H24N2O2S2. The fraction of sp³-hybridized carbons (Fsp3) is 0.733. The van der Waals surface area contributed by atoms with Crippen LogP contribution in [-0.4, -0.2) is 21.0 Å². The third-order valence-electron chi connectivity index (χ3n) is 4.33. The highest BCUT2D eigenvalue weighted by Crippen LogP contribution is 2.26. The topological polar surface area (TPSA) is 58.2 Å². The Kier molecular flexibility index (Phi) is 4.99. The van der Waals surface area contributed by atoms with E-state index in [0.29, 0.717) is 22.7 Å². The minimum atomic E-state index is -3.32. The van der Waals surface area contributed by atoms with E-state index in [1.165, 1.54) is 43.4 Å². The van der Waals surface area contributed by atoms with Crippen molar-refractivity contribution in [2.45, 2.75) is 61.7 Å². The fourth-order valence-electron chi connectivity index (χ4n) is 2.82. The summed E-state index contributed by atoms with van der Waals surface area (Å²) in [4.78, 5) is 1.10. The predicted octanol–water partition coefficient (Wildman–Crippen LogP) is 2.86. The van der Waals surface area contributed by atoms with Crippen LogP contribution >= 0.6 is 11.3 Å². The molecule has 2 saturated carbocycles. The van der Waals surface area contributed by atoms with E-state index in [1.54, 1.807) is 6.07 Å². The van der Waals surface area contributed by atoms with Crippen molar-refractivity contribution in [1.82, 2.24) is 10.0 Å². The van der Waals surface area contributed by atoms with E-state index >= 15 is 0 Å². The molecule has 3 rings (SSSR count). The summed E-state index contributed by atoms with van der Waals surface area (Å²) in [7, 11) is -3.32. The van der Waals surface area contributed by atoms with Crippen molar-refractivity contribution in [2.75, 3.05) is 6.54 Å². The van der Waals surface area contributed by atoms with Gasteiger partial charge >= 0.3 is 0 Å². The largest absolute Gasteiger partial charge is 0.309 e. The monoisotopic (exact) mass is 328 g/mol. The van der Waals surface area contributed by atoms with E-state index < -0.39 is 10.0 Å². The minimum Gasteiger partial charge on any atom is -0.309 e. The second kappa shape index (κ2) is 6.77. The van der Waals surface area contributed by atoms with Gasteiger partial charge in [-0.3, -0.25) is 0 Å². The van der Waals surface area contributed by atoms with Crippen LogP contribution in [0.1, 0.15) is 49.8 Å². The first kappa shape index (κ1) is 15.5. The number of nitrogens with one attached hydrogen (secondary N) is 2. The van der Waals surface area contributed by atoms with Gasteiger partial charge in [-0.25, -0.2) is 13.1 Å². The standard InChI is InChI=1S/C15H24N2O2S2/c18-21(19,17-10-12-4-2-1-3-5-12)15-9-8-14(20-15)11-16-13-6-7-13/h8-9,12-13,16-17H,1-7,10-11H2. The second-order valence-corrected chi connectivity index (χ2v) is 9.39. The van der Waals surface area contributed by atoms with Crippen molar-refractivity contribution in [2.24, 2.45) is 5.92 Å². The molecule has 2 fully saturated rings. The Balaban J connectivity index is 1.53. The van der Waals surface area contributed by atoms with Crippen LogP contribution < -0.4 is 10.0 Å². The Morgan fingerprint density at radius 2 is 1.86 bits per heavy atom. The van der Waals surface area contributed by atoms with Gasteiger partial charge in [0.15, 0.2) is 0 Å². The van der Waals surface area contributed by atoms with E-state index in [-0.39, 0.29) is 0 Å². The van der Waals surface area contributed by atoms with Crippen LogP contribution in [-0.2, 0) is 16.6 Å². The Morgan fingerprint density at radius 3 is 2.57 bits per heavy atom. The van der Waals surface area contributed by atoms with Crippen LogP contribution in [0.2, 0.25) is 0 Å². The molecule has 118 valence electrons. The summed E-state index contributed by atoms with van der Waals surface area (Å²) in [6.45, 7) is 1.38. The number of sulfonamides is 1. The highest BCUT2D eigenvalue weighted by atomic mass is 32.2. The highest BCUT2D eigenvalue weighted by Gasteiger charge is 2.22. The van der Waals surface area contributed by atoms with Crippen molar-refractivity contribution < 1.29 is 8.42 Å². The summed E-state index contributed by atoms with van der Waals surface area (Å²) in [5.74, 6) is 0.518.